The molecule has 0 saturated heterocycles. The lowest BCUT2D eigenvalue weighted by Gasteiger charge is -2.27. The molecule has 0 aliphatic heterocycles. The summed E-state index contributed by atoms with van der Waals surface area (Å²) in [5.74, 6) is 0. The van der Waals surface area contributed by atoms with Gasteiger partial charge in [0.25, 0.3) is 7.82 Å². The van der Waals surface area contributed by atoms with Crippen LogP contribution < -0.4 is 4.89 Å². The minimum Gasteiger partial charge on any atom is -0.756 e. The van der Waals surface area contributed by atoms with Gasteiger partial charge >= 0.3 is 0 Å². The Bertz CT molecular complexity index is 243. The maximum atomic E-state index is 11.1. The molecule has 0 saturated carbocycles. The molecule has 0 radical (unpaired) electrons. The third-order valence-corrected chi connectivity index (χ3v) is 2.61. The van der Waals surface area contributed by atoms with E-state index in [1.807, 2.05) is 21.1 Å². The Morgan fingerprint density at radius 3 is 2.29 bits per heavy atom. The van der Waals surface area contributed by atoms with Crippen molar-refractivity contribution in [2.75, 3.05) is 47.5 Å². The fourth-order valence-corrected chi connectivity index (χ4v) is 1.43. The SMILES string of the molecule is C[N+](C)(C)CCOP(=O)([O-])OC[C@H](O)CO.O. The van der Waals surface area contributed by atoms with Crippen LogP contribution in [0.1, 0.15) is 0 Å². The Kier molecular flexibility index (Phi) is 9.22. The van der Waals surface area contributed by atoms with Crippen LogP contribution in [-0.2, 0) is 13.6 Å². The molecule has 0 bridgehead atoms. The zero-order valence-electron chi connectivity index (χ0n) is 10.3. The Morgan fingerprint density at radius 2 is 1.88 bits per heavy atom. The van der Waals surface area contributed by atoms with Crippen molar-refractivity contribution in [1.82, 2.24) is 0 Å². The number of hydrogen-bond acceptors (Lipinski definition) is 6. The zero-order chi connectivity index (χ0) is 12.8. The van der Waals surface area contributed by atoms with Crippen LogP contribution in [0.5, 0.6) is 0 Å². The van der Waals surface area contributed by atoms with Gasteiger partial charge in [-0.25, -0.2) is 0 Å². The summed E-state index contributed by atoms with van der Waals surface area (Å²) >= 11 is 0. The second-order valence-corrected chi connectivity index (χ2v) is 5.84. The topological polar surface area (TPSA) is 131 Å². The van der Waals surface area contributed by atoms with E-state index in [-0.39, 0.29) is 12.1 Å². The van der Waals surface area contributed by atoms with Crippen LogP contribution in [0.3, 0.4) is 0 Å². The standard InChI is InChI=1S/C8H20NO6P.H2O/c1-9(2,3)4-5-14-16(12,13)15-7-8(11)6-10;/h8,10-11H,4-7H2,1-3H3;1H2/t8-;/m1./s1. The predicted octanol–water partition coefficient (Wildman–Crippen LogP) is -2.28. The van der Waals surface area contributed by atoms with E-state index in [1.54, 1.807) is 0 Å². The molecule has 0 heterocycles. The number of aliphatic hydroxyl groups is 2. The maximum Gasteiger partial charge on any atom is 0.268 e. The van der Waals surface area contributed by atoms with Crippen LogP contribution in [0.15, 0.2) is 0 Å². The van der Waals surface area contributed by atoms with Gasteiger partial charge in [-0.1, -0.05) is 0 Å². The molecule has 0 amide bonds. The molecule has 9 heteroatoms. The molecule has 0 aromatic rings. The maximum absolute atomic E-state index is 11.1. The lowest BCUT2D eigenvalue weighted by Crippen LogP contribution is -2.37. The average Bonchev–Trinajstić information content (AvgIpc) is 2.12. The van der Waals surface area contributed by atoms with Crippen molar-refractivity contribution in [3.63, 3.8) is 0 Å². The van der Waals surface area contributed by atoms with Gasteiger partial charge in [0.1, 0.15) is 19.3 Å². The van der Waals surface area contributed by atoms with E-state index in [9.17, 15) is 9.46 Å². The van der Waals surface area contributed by atoms with Crippen molar-refractivity contribution in [3.05, 3.63) is 0 Å². The fourth-order valence-electron chi connectivity index (χ4n) is 0.694. The number of likely N-dealkylation sites (N-methyl/N-ethyl adjacent to an activating group) is 1. The fraction of sp³-hybridized carbons (Fsp3) is 1.00. The molecule has 0 aliphatic carbocycles. The van der Waals surface area contributed by atoms with E-state index in [2.05, 4.69) is 9.05 Å². The molecule has 0 aliphatic rings. The van der Waals surface area contributed by atoms with Crippen molar-refractivity contribution in [1.29, 1.82) is 0 Å². The lowest BCUT2D eigenvalue weighted by molar-refractivity contribution is -0.870. The average molecular weight is 275 g/mol. The van der Waals surface area contributed by atoms with Crippen molar-refractivity contribution in [2.45, 2.75) is 6.10 Å². The first-order chi connectivity index (χ1) is 7.16. The van der Waals surface area contributed by atoms with Crippen molar-refractivity contribution >= 4 is 7.82 Å². The number of hydrogen-bond donors (Lipinski definition) is 2. The third-order valence-electron chi connectivity index (χ3n) is 1.65. The van der Waals surface area contributed by atoms with Crippen LogP contribution in [-0.4, -0.2) is 73.8 Å². The highest BCUT2D eigenvalue weighted by Gasteiger charge is 2.14. The Balaban J connectivity index is 0. The molecule has 2 atom stereocenters. The first kappa shape index (κ1) is 19.3. The van der Waals surface area contributed by atoms with Crippen molar-refractivity contribution in [3.8, 4) is 0 Å². The van der Waals surface area contributed by atoms with Gasteiger partial charge < -0.3 is 34.1 Å². The summed E-state index contributed by atoms with van der Waals surface area (Å²) in [5, 5.41) is 17.3. The van der Waals surface area contributed by atoms with Crippen LogP contribution >= 0.6 is 7.82 Å². The highest BCUT2D eigenvalue weighted by molar-refractivity contribution is 7.45. The van der Waals surface area contributed by atoms with Crippen molar-refractivity contribution < 1.29 is 38.7 Å². The number of quaternary nitrogens is 1. The summed E-state index contributed by atoms with van der Waals surface area (Å²) in [5.41, 5.74) is 0. The molecule has 4 N–H and O–H groups in total. The van der Waals surface area contributed by atoms with Gasteiger partial charge in [-0.15, -0.1) is 0 Å². The van der Waals surface area contributed by atoms with Gasteiger partial charge in [-0.3, -0.25) is 4.57 Å². The largest absolute Gasteiger partial charge is 0.756 e. The number of aliphatic hydroxyl groups excluding tert-OH is 2. The normalized spacial score (nSPS) is 17.1. The second kappa shape index (κ2) is 8.12. The van der Waals surface area contributed by atoms with E-state index in [1.165, 1.54) is 0 Å². The van der Waals surface area contributed by atoms with Gasteiger partial charge in [-0.2, -0.15) is 0 Å². The first-order valence-corrected chi connectivity index (χ1v) is 6.32. The van der Waals surface area contributed by atoms with E-state index in [0.717, 1.165) is 0 Å². The highest BCUT2D eigenvalue weighted by Crippen LogP contribution is 2.38. The number of phosphoric ester groups is 1. The summed E-state index contributed by atoms with van der Waals surface area (Å²) in [4.78, 5) is 11.1. The summed E-state index contributed by atoms with van der Waals surface area (Å²) in [7, 11) is 1.32. The molecular formula is C8H22NO7P. The predicted molar refractivity (Wildman–Crippen MR) is 59.1 cm³/mol. The van der Waals surface area contributed by atoms with Gasteiger partial charge in [0.2, 0.25) is 0 Å². The van der Waals surface area contributed by atoms with Crippen molar-refractivity contribution in [2.24, 2.45) is 0 Å². The third kappa shape index (κ3) is 12.2. The quantitative estimate of drug-likeness (QED) is 0.379. The highest BCUT2D eigenvalue weighted by atomic mass is 31.2. The second-order valence-electron chi connectivity index (χ2n) is 4.43. The van der Waals surface area contributed by atoms with Crippen LogP contribution in [0.2, 0.25) is 0 Å². The van der Waals surface area contributed by atoms with E-state index >= 15 is 0 Å². The molecule has 17 heavy (non-hydrogen) atoms. The Hall–Kier alpha value is -0.0500. The molecule has 1 unspecified atom stereocenters. The molecule has 0 aromatic carbocycles. The molecule has 106 valence electrons. The van der Waals surface area contributed by atoms with E-state index < -0.39 is 27.1 Å². The van der Waals surface area contributed by atoms with E-state index in [4.69, 9.17) is 10.2 Å². The molecule has 8 nitrogen and oxygen atoms in total. The Labute approximate surface area is 101 Å². The number of nitrogens with zero attached hydrogens (tertiary/aromatic N) is 1. The van der Waals surface area contributed by atoms with Gasteiger partial charge in [-0.05, 0) is 0 Å². The summed E-state index contributed by atoms with van der Waals surface area (Å²) in [6.45, 7) is -0.530. The van der Waals surface area contributed by atoms with Crippen LogP contribution in [0, 0.1) is 0 Å². The van der Waals surface area contributed by atoms with E-state index in [0.29, 0.717) is 11.0 Å². The number of phosphoric acid groups is 1. The molecule has 0 spiro atoms. The summed E-state index contributed by atoms with van der Waals surface area (Å²) in [6.07, 6.45) is -1.22. The number of rotatable bonds is 8. The monoisotopic (exact) mass is 275 g/mol. The smallest absolute Gasteiger partial charge is 0.268 e. The lowest BCUT2D eigenvalue weighted by atomic mass is 10.4. The minimum atomic E-state index is -4.38. The molecule has 0 aromatic heterocycles. The minimum absolute atomic E-state index is 0. The Morgan fingerprint density at radius 1 is 1.35 bits per heavy atom. The molecular weight excluding hydrogens is 253 g/mol. The van der Waals surface area contributed by atoms with Crippen LogP contribution in [0.25, 0.3) is 0 Å². The first-order valence-electron chi connectivity index (χ1n) is 4.86. The van der Waals surface area contributed by atoms with Crippen LogP contribution in [0.4, 0.5) is 0 Å². The molecule has 0 rings (SSSR count). The van der Waals surface area contributed by atoms with Gasteiger partial charge in [0.05, 0.1) is 34.4 Å². The zero-order valence-corrected chi connectivity index (χ0v) is 11.2. The summed E-state index contributed by atoms with van der Waals surface area (Å²) < 4.78 is 20.6. The van der Waals surface area contributed by atoms with Gasteiger partial charge in [0, 0.05) is 0 Å². The van der Waals surface area contributed by atoms with Gasteiger partial charge in [0.15, 0.2) is 0 Å². The molecule has 0 fully saturated rings. The summed E-state index contributed by atoms with van der Waals surface area (Å²) in [6, 6.07) is 0.